The maximum absolute atomic E-state index is 12.4. The number of halogens is 1. The smallest absolute Gasteiger partial charge is 0.341 e. The fraction of sp³-hybridized carbons (Fsp3) is 0.333. The molecule has 0 saturated heterocycles. The number of benzene rings is 1. The van der Waals surface area contributed by atoms with Crippen molar-refractivity contribution < 1.29 is 19.1 Å². The Bertz CT molecular complexity index is 787. The Morgan fingerprint density at radius 3 is 2.68 bits per heavy atom. The summed E-state index contributed by atoms with van der Waals surface area (Å²) in [6.45, 7) is 7.39. The first-order chi connectivity index (χ1) is 11.8. The van der Waals surface area contributed by atoms with Gasteiger partial charge in [-0.05, 0) is 51.5 Å². The van der Waals surface area contributed by atoms with E-state index in [-0.39, 0.29) is 12.5 Å². The number of carbonyl (C=O) groups excluding carboxylic acids is 2. The predicted molar refractivity (Wildman–Crippen MR) is 99.9 cm³/mol. The summed E-state index contributed by atoms with van der Waals surface area (Å²) >= 11 is 7.41. The second-order valence-corrected chi connectivity index (χ2v) is 7.17. The summed E-state index contributed by atoms with van der Waals surface area (Å²) in [4.78, 5) is 25.3. The molecule has 1 aromatic heterocycles. The van der Waals surface area contributed by atoms with Gasteiger partial charge in [0.05, 0.1) is 17.2 Å². The second-order valence-electron chi connectivity index (χ2n) is 5.50. The topological polar surface area (TPSA) is 64.6 Å². The van der Waals surface area contributed by atoms with Crippen molar-refractivity contribution in [2.24, 2.45) is 0 Å². The molecule has 0 aliphatic rings. The molecule has 2 aromatic rings. The standard InChI is InChI=1S/C18H20ClNO4S/c1-5-23-18(22)13-9-11(3)25-17(13)20-16(21)12(4)24-15-8-10(2)6-7-14(15)19/h6-9,12H,5H2,1-4H3,(H,20,21)/t12-/m0/s1. The van der Waals surface area contributed by atoms with Crippen LogP contribution in [0.25, 0.3) is 0 Å². The van der Waals surface area contributed by atoms with E-state index in [4.69, 9.17) is 21.1 Å². The number of ether oxygens (including phenoxy) is 2. The number of aryl methyl sites for hydroxylation is 2. The van der Waals surface area contributed by atoms with Crippen LogP contribution in [0.3, 0.4) is 0 Å². The average molecular weight is 382 g/mol. The van der Waals surface area contributed by atoms with Gasteiger partial charge in [-0.2, -0.15) is 0 Å². The highest BCUT2D eigenvalue weighted by atomic mass is 35.5. The van der Waals surface area contributed by atoms with Crippen LogP contribution < -0.4 is 10.1 Å². The summed E-state index contributed by atoms with van der Waals surface area (Å²) in [6, 6.07) is 7.05. The lowest BCUT2D eigenvalue weighted by atomic mass is 10.2. The first-order valence-corrected chi connectivity index (χ1v) is 9.02. The summed E-state index contributed by atoms with van der Waals surface area (Å²) < 4.78 is 10.7. The van der Waals surface area contributed by atoms with E-state index < -0.39 is 12.1 Å². The number of hydrogen-bond acceptors (Lipinski definition) is 5. The Hall–Kier alpha value is -2.05. The molecule has 2 rings (SSSR count). The number of hydrogen-bond donors (Lipinski definition) is 1. The van der Waals surface area contributed by atoms with E-state index in [0.717, 1.165) is 10.4 Å². The zero-order valence-corrected chi connectivity index (χ0v) is 16.1. The molecule has 0 radical (unpaired) electrons. The van der Waals surface area contributed by atoms with E-state index >= 15 is 0 Å². The van der Waals surface area contributed by atoms with Crippen molar-refractivity contribution in [2.45, 2.75) is 33.8 Å². The van der Waals surface area contributed by atoms with Gasteiger partial charge in [-0.3, -0.25) is 4.79 Å². The number of esters is 1. The molecule has 1 heterocycles. The maximum atomic E-state index is 12.4. The van der Waals surface area contributed by atoms with Gasteiger partial charge in [0.2, 0.25) is 0 Å². The molecule has 0 spiro atoms. The highest BCUT2D eigenvalue weighted by molar-refractivity contribution is 7.16. The molecule has 1 N–H and O–H groups in total. The Morgan fingerprint density at radius 1 is 1.28 bits per heavy atom. The van der Waals surface area contributed by atoms with E-state index in [1.54, 1.807) is 32.0 Å². The molecule has 134 valence electrons. The fourth-order valence-electron chi connectivity index (χ4n) is 2.13. The third-order valence-corrected chi connectivity index (χ3v) is 4.63. The predicted octanol–water partition coefficient (Wildman–Crippen LogP) is 4.60. The van der Waals surface area contributed by atoms with Crippen LogP contribution in [0.5, 0.6) is 5.75 Å². The monoisotopic (exact) mass is 381 g/mol. The van der Waals surface area contributed by atoms with Crippen molar-refractivity contribution in [2.75, 3.05) is 11.9 Å². The molecule has 0 aliphatic heterocycles. The largest absolute Gasteiger partial charge is 0.479 e. The van der Waals surface area contributed by atoms with Crippen molar-refractivity contribution in [1.29, 1.82) is 0 Å². The lowest BCUT2D eigenvalue weighted by Crippen LogP contribution is -2.30. The van der Waals surface area contributed by atoms with Gasteiger partial charge in [-0.1, -0.05) is 17.7 Å². The zero-order valence-electron chi connectivity index (χ0n) is 14.5. The van der Waals surface area contributed by atoms with E-state index in [1.165, 1.54) is 11.3 Å². The van der Waals surface area contributed by atoms with Crippen molar-refractivity contribution in [3.63, 3.8) is 0 Å². The van der Waals surface area contributed by atoms with Crippen LogP contribution in [0.4, 0.5) is 5.00 Å². The lowest BCUT2D eigenvalue weighted by Gasteiger charge is -2.16. The Balaban J connectivity index is 2.11. The van der Waals surface area contributed by atoms with Crippen LogP contribution in [-0.4, -0.2) is 24.6 Å². The minimum atomic E-state index is -0.781. The number of carbonyl (C=O) groups is 2. The van der Waals surface area contributed by atoms with Gasteiger partial charge in [0, 0.05) is 4.88 Å². The summed E-state index contributed by atoms with van der Waals surface area (Å²) in [7, 11) is 0. The van der Waals surface area contributed by atoms with Crippen molar-refractivity contribution in [3.8, 4) is 5.75 Å². The number of anilines is 1. The molecule has 0 bridgehead atoms. The molecular formula is C18H20ClNO4S. The van der Waals surface area contributed by atoms with Crippen LogP contribution in [-0.2, 0) is 9.53 Å². The van der Waals surface area contributed by atoms with E-state index in [0.29, 0.717) is 21.3 Å². The number of nitrogens with one attached hydrogen (secondary N) is 1. The summed E-state index contributed by atoms with van der Waals surface area (Å²) in [5.41, 5.74) is 1.32. The molecule has 1 amide bonds. The van der Waals surface area contributed by atoms with Gasteiger partial charge >= 0.3 is 5.97 Å². The van der Waals surface area contributed by atoms with Crippen LogP contribution in [0.15, 0.2) is 24.3 Å². The van der Waals surface area contributed by atoms with Crippen LogP contribution in [0, 0.1) is 13.8 Å². The summed E-state index contributed by atoms with van der Waals surface area (Å²) in [5, 5.41) is 3.62. The zero-order chi connectivity index (χ0) is 18.6. The van der Waals surface area contributed by atoms with Crippen LogP contribution in [0.1, 0.15) is 34.6 Å². The molecule has 0 aliphatic carbocycles. The molecule has 5 nitrogen and oxygen atoms in total. The SMILES string of the molecule is CCOC(=O)c1cc(C)sc1NC(=O)[C@H](C)Oc1cc(C)ccc1Cl. The number of rotatable bonds is 6. The first-order valence-electron chi connectivity index (χ1n) is 7.83. The molecule has 25 heavy (non-hydrogen) atoms. The normalized spacial score (nSPS) is 11.7. The maximum Gasteiger partial charge on any atom is 0.341 e. The molecular weight excluding hydrogens is 362 g/mol. The van der Waals surface area contributed by atoms with E-state index in [9.17, 15) is 9.59 Å². The third-order valence-electron chi connectivity index (χ3n) is 3.35. The second kappa shape index (κ2) is 8.36. The Morgan fingerprint density at radius 2 is 2.00 bits per heavy atom. The van der Waals surface area contributed by atoms with Gasteiger partial charge in [-0.25, -0.2) is 4.79 Å². The van der Waals surface area contributed by atoms with Crippen molar-refractivity contribution in [3.05, 3.63) is 45.3 Å². The molecule has 0 unspecified atom stereocenters. The van der Waals surface area contributed by atoms with E-state index in [1.807, 2.05) is 19.9 Å². The first kappa shape index (κ1) is 19.3. The highest BCUT2D eigenvalue weighted by Crippen LogP contribution is 2.29. The number of thiophene rings is 1. The van der Waals surface area contributed by atoms with Gasteiger partial charge in [-0.15, -0.1) is 11.3 Å². The minimum absolute atomic E-state index is 0.270. The fourth-order valence-corrected chi connectivity index (χ4v) is 3.19. The molecule has 0 fully saturated rings. The van der Waals surface area contributed by atoms with Crippen LogP contribution >= 0.6 is 22.9 Å². The molecule has 1 aromatic carbocycles. The summed E-state index contributed by atoms with van der Waals surface area (Å²) in [6.07, 6.45) is -0.781. The number of amides is 1. The van der Waals surface area contributed by atoms with Crippen molar-refractivity contribution >= 4 is 39.8 Å². The van der Waals surface area contributed by atoms with E-state index in [2.05, 4.69) is 5.32 Å². The Labute approximate surface area is 155 Å². The highest BCUT2D eigenvalue weighted by Gasteiger charge is 2.22. The quantitative estimate of drug-likeness (QED) is 0.742. The van der Waals surface area contributed by atoms with Gasteiger partial charge < -0.3 is 14.8 Å². The Kier molecular flexibility index (Phi) is 6.45. The third kappa shape index (κ3) is 4.96. The average Bonchev–Trinajstić information content (AvgIpc) is 2.91. The lowest BCUT2D eigenvalue weighted by molar-refractivity contribution is -0.122. The molecule has 0 saturated carbocycles. The van der Waals surface area contributed by atoms with Gasteiger partial charge in [0.25, 0.3) is 5.91 Å². The van der Waals surface area contributed by atoms with Gasteiger partial charge in [0.15, 0.2) is 6.10 Å². The van der Waals surface area contributed by atoms with Gasteiger partial charge in [0.1, 0.15) is 10.8 Å². The summed E-state index contributed by atoms with van der Waals surface area (Å²) in [5.74, 6) is -0.389. The minimum Gasteiger partial charge on any atom is -0.479 e. The molecule has 7 heteroatoms. The van der Waals surface area contributed by atoms with Crippen molar-refractivity contribution in [1.82, 2.24) is 0 Å². The van der Waals surface area contributed by atoms with Crippen LogP contribution in [0.2, 0.25) is 5.02 Å². The molecule has 1 atom stereocenters.